The van der Waals surface area contributed by atoms with Gasteiger partial charge in [-0.15, -0.1) is 0 Å². The molecule has 0 radical (unpaired) electrons. The van der Waals surface area contributed by atoms with Gasteiger partial charge in [0.1, 0.15) is 13.2 Å². The maximum Gasteiger partial charge on any atom is 0.331 e. The van der Waals surface area contributed by atoms with Gasteiger partial charge < -0.3 is 24.3 Å². The monoisotopic (exact) mass is 363 g/mol. The van der Waals surface area contributed by atoms with Crippen molar-refractivity contribution in [2.24, 2.45) is 5.92 Å². The van der Waals surface area contributed by atoms with Crippen LogP contribution in [0, 0.1) is 5.92 Å². The molecule has 1 atom stereocenters. The van der Waals surface area contributed by atoms with Crippen molar-refractivity contribution in [2.75, 3.05) is 26.9 Å². The first-order chi connectivity index (χ1) is 12.4. The number of methoxy groups -OCH3 is 1. The molecule has 2 rings (SSSR count). The van der Waals surface area contributed by atoms with Crippen molar-refractivity contribution in [1.82, 2.24) is 5.32 Å². The van der Waals surface area contributed by atoms with Crippen LogP contribution in [0.15, 0.2) is 18.2 Å². The minimum Gasteiger partial charge on any atom is -0.493 e. The molecular formula is C19H25NO6. The van der Waals surface area contributed by atoms with E-state index in [0.717, 1.165) is 0 Å². The number of benzene rings is 1. The van der Waals surface area contributed by atoms with Crippen molar-refractivity contribution in [2.45, 2.75) is 26.8 Å². The number of carbonyl (C=O) groups is 2. The van der Waals surface area contributed by atoms with Gasteiger partial charge in [-0.1, -0.05) is 13.8 Å². The second-order valence-corrected chi connectivity index (χ2v) is 6.29. The topological polar surface area (TPSA) is 83.1 Å². The SMILES string of the molecule is COc1cc(/C=C/C(=O)OCC(=O)N[C@@H](C)C(C)C)cc2c1OCCO2. The Morgan fingerprint density at radius 2 is 1.96 bits per heavy atom. The lowest BCUT2D eigenvalue weighted by molar-refractivity contribution is -0.144. The lowest BCUT2D eigenvalue weighted by atomic mass is 10.1. The van der Waals surface area contributed by atoms with E-state index in [4.69, 9.17) is 18.9 Å². The van der Waals surface area contributed by atoms with E-state index in [9.17, 15) is 9.59 Å². The third-order valence-corrected chi connectivity index (χ3v) is 4.00. The van der Waals surface area contributed by atoms with E-state index < -0.39 is 5.97 Å². The van der Waals surface area contributed by atoms with Gasteiger partial charge in [-0.05, 0) is 36.6 Å². The molecule has 1 aromatic rings. The highest BCUT2D eigenvalue weighted by Gasteiger charge is 2.18. The number of hydrogen-bond acceptors (Lipinski definition) is 6. The summed E-state index contributed by atoms with van der Waals surface area (Å²) >= 11 is 0. The highest BCUT2D eigenvalue weighted by molar-refractivity contribution is 5.89. The van der Waals surface area contributed by atoms with E-state index in [1.807, 2.05) is 20.8 Å². The van der Waals surface area contributed by atoms with Crippen LogP contribution in [0.4, 0.5) is 0 Å². The van der Waals surface area contributed by atoms with Crippen LogP contribution in [-0.2, 0) is 14.3 Å². The Labute approximate surface area is 153 Å². The lowest BCUT2D eigenvalue weighted by Crippen LogP contribution is -2.38. The molecule has 1 aromatic carbocycles. The van der Waals surface area contributed by atoms with E-state index in [0.29, 0.717) is 41.9 Å². The Balaban J connectivity index is 1.92. The fraction of sp³-hybridized carbons (Fsp3) is 0.474. The van der Waals surface area contributed by atoms with E-state index in [-0.39, 0.29) is 18.6 Å². The quantitative estimate of drug-likeness (QED) is 0.591. The molecule has 142 valence electrons. The third kappa shape index (κ3) is 5.40. The van der Waals surface area contributed by atoms with Crippen LogP contribution in [-0.4, -0.2) is 44.8 Å². The molecule has 1 aliphatic rings. The van der Waals surface area contributed by atoms with Crippen molar-refractivity contribution in [3.63, 3.8) is 0 Å². The van der Waals surface area contributed by atoms with Gasteiger partial charge in [0.15, 0.2) is 18.1 Å². The Morgan fingerprint density at radius 1 is 1.23 bits per heavy atom. The van der Waals surface area contributed by atoms with E-state index >= 15 is 0 Å². The van der Waals surface area contributed by atoms with Gasteiger partial charge in [-0.3, -0.25) is 4.79 Å². The highest BCUT2D eigenvalue weighted by atomic mass is 16.6. The zero-order chi connectivity index (χ0) is 19.1. The number of nitrogens with one attached hydrogen (secondary N) is 1. The number of hydrogen-bond donors (Lipinski definition) is 1. The highest BCUT2D eigenvalue weighted by Crippen LogP contribution is 2.40. The summed E-state index contributed by atoms with van der Waals surface area (Å²) in [6.07, 6.45) is 2.82. The molecule has 1 amide bonds. The predicted octanol–water partition coefficient (Wildman–Crippen LogP) is 2.18. The van der Waals surface area contributed by atoms with E-state index in [2.05, 4.69) is 5.32 Å². The standard InChI is InChI=1S/C19H25NO6/c1-12(2)13(3)20-17(21)11-26-18(22)6-5-14-9-15(23-4)19-16(10-14)24-7-8-25-19/h5-6,9-10,12-13H,7-8,11H2,1-4H3,(H,20,21)/b6-5+/t13-/m0/s1. The maximum absolute atomic E-state index is 11.8. The Hall–Kier alpha value is -2.70. The number of ether oxygens (including phenoxy) is 4. The third-order valence-electron chi connectivity index (χ3n) is 4.00. The molecule has 0 saturated heterocycles. The van der Waals surface area contributed by atoms with Crippen molar-refractivity contribution < 1.29 is 28.5 Å². The van der Waals surface area contributed by atoms with Gasteiger partial charge in [0.25, 0.3) is 5.91 Å². The van der Waals surface area contributed by atoms with Crippen LogP contribution in [0.3, 0.4) is 0 Å². The number of rotatable bonds is 7. The van der Waals surface area contributed by atoms with Crippen LogP contribution < -0.4 is 19.5 Å². The largest absolute Gasteiger partial charge is 0.493 e. The van der Waals surface area contributed by atoms with Gasteiger partial charge >= 0.3 is 5.97 Å². The fourth-order valence-corrected chi connectivity index (χ4v) is 2.20. The molecule has 7 heteroatoms. The molecule has 0 saturated carbocycles. The summed E-state index contributed by atoms with van der Waals surface area (Å²) < 4.78 is 21.3. The normalized spacial score (nSPS) is 14.2. The molecule has 0 spiro atoms. The summed E-state index contributed by atoms with van der Waals surface area (Å²) in [7, 11) is 1.53. The molecule has 7 nitrogen and oxygen atoms in total. The molecule has 26 heavy (non-hydrogen) atoms. The molecule has 1 N–H and O–H groups in total. The lowest BCUT2D eigenvalue weighted by Gasteiger charge is -2.20. The molecule has 0 bridgehead atoms. The minimum atomic E-state index is -0.605. The number of carbonyl (C=O) groups excluding carboxylic acids is 2. The van der Waals surface area contributed by atoms with Gasteiger partial charge in [0, 0.05) is 12.1 Å². The van der Waals surface area contributed by atoms with Gasteiger partial charge in [-0.25, -0.2) is 4.79 Å². The minimum absolute atomic E-state index is 0.0157. The predicted molar refractivity (Wildman–Crippen MR) is 96.4 cm³/mol. The number of fused-ring (bicyclic) bond motifs is 1. The second kappa shape index (κ2) is 9.12. The van der Waals surface area contributed by atoms with Gasteiger partial charge in [0.2, 0.25) is 5.75 Å². The maximum atomic E-state index is 11.8. The summed E-state index contributed by atoms with van der Waals surface area (Å²) in [5.74, 6) is 1.01. The summed E-state index contributed by atoms with van der Waals surface area (Å²) in [4.78, 5) is 23.5. The van der Waals surface area contributed by atoms with Crippen molar-refractivity contribution in [1.29, 1.82) is 0 Å². The summed E-state index contributed by atoms with van der Waals surface area (Å²) in [5, 5.41) is 2.77. The molecule has 0 unspecified atom stereocenters. The van der Waals surface area contributed by atoms with Crippen molar-refractivity contribution in [3.8, 4) is 17.2 Å². The van der Waals surface area contributed by atoms with E-state index in [1.54, 1.807) is 18.2 Å². The van der Waals surface area contributed by atoms with Crippen LogP contribution in [0.2, 0.25) is 0 Å². The van der Waals surface area contributed by atoms with E-state index in [1.165, 1.54) is 13.2 Å². The smallest absolute Gasteiger partial charge is 0.331 e. The van der Waals surface area contributed by atoms with Crippen molar-refractivity contribution in [3.05, 3.63) is 23.8 Å². The van der Waals surface area contributed by atoms with Gasteiger partial charge in [0.05, 0.1) is 7.11 Å². The molecule has 1 heterocycles. The average molecular weight is 363 g/mol. The molecule has 0 aromatic heterocycles. The number of esters is 1. The Morgan fingerprint density at radius 3 is 2.65 bits per heavy atom. The summed E-state index contributed by atoms with van der Waals surface area (Å²) in [6, 6.07) is 3.49. The zero-order valence-electron chi connectivity index (χ0n) is 15.5. The second-order valence-electron chi connectivity index (χ2n) is 6.29. The van der Waals surface area contributed by atoms with Gasteiger partial charge in [-0.2, -0.15) is 0 Å². The molecule has 0 aliphatic carbocycles. The first-order valence-electron chi connectivity index (χ1n) is 8.52. The Kier molecular flexibility index (Phi) is 6.89. The summed E-state index contributed by atoms with van der Waals surface area (Å²) in [6.45, 7) is 6.50. The van der Waals surface area contributed by atoms with Crippen LogP contribution >= 0.6 is 0 Å². The van der Waals surface area contributed by atoms with Crippen molar-refractivity contribution >= 4 is 18.0 Å². The number of amides is 1. The first-order valence-corrected chi connectivity index (χ1v) is 8.52. The van der Waals surface area contributed by atoms with Crippen LogP contribution in [0.25, 0.3) is 6.08 Å². The summed E-state index contributed by atoms with van der Waals surface area (Å²) in [5.41, 5.74) is 0.695. The molecular weight excluding hydrogens is 338 g/mol. The first kappa shape index (κ1) is 19.6. The fourth-order valence-electron chi connectivity index (χ4n) is 2.20. The molecule has 1 aliphatic heterocycles. The average Bonchev–Trinajstić information content (AvgIpc) is 2.63. The zero-order valence-corrected chi connectivity index (χ0v) is 15.5. The molecule has 0 fully saturated rings. The van der Waals surface area contributed by atoms with Crippen LogP contribution in [0.5, 0.6) is 17.2 Å². The Bertz CT molecular complexity index is 666. The van der Waals surface area contributed by atoms with Crippen LogP contribution in [0.1, 0.15) is 26.3 Å².